The molecular formula is C2H2Cl2Pt. The van der Waals surface area contributed by atoms with Crippen LogP contribution >= 0.6 is 23.2 Å². The van der Waals surface area contributed by atoms with E-state index in [1.165, 1.54) is 0 Å². The van der Waals surface area contributed by atoms with E-state index in [-0.39, 0.29) is 25.6 Å². The first-order valence-corrected chi connectivity index (χ1v) is 1.49. The van der Waals surface area contributed by atoms with E-state index < -0.39 is 0 Å². The molecule has 0 aromatic heterocycles. The molecule has 34 valence electrons. The van der Waals surface area contributed by atoms with Gasteiger partial charge >= 0.3 is 0 Å². The fraction of sp³-hybridized carbons (Fsp3) is 0. The van der Waals surface area contributed by atoms with E-state index in [0.29, 0.717) is 0 Å². The molecule has 0 saturated heterocycles. The molecule has 0 nitrogen and oxygen atoms in total. The molecule has 0 saturated carbocycles. The second kappa shape index (κ2) is 5.01. The molecule has 0 heterocycles. The molecule has 0 radical (unpaired) electrons. The van der Waals surface area contributed by atoms with Gasteiger partial charge in [0.05, 0.1) is 4.49 Å². The van der Waals surface area contributed by atoms with Crippen molar-refractivity contribution in [3.63, 3.8) is 0 Å². The van der Waals surface area contributed by atoms with E-state index in [0.717, 1.165) is 0 Å². The molecule has 0 aliphatic heterocycles. The molecule has 0 rings (SSSR count). The summed E-state index contributed by atoms with van der Waals surface area (Å²) < 4.78 is 0.111. The minimum absolute atomic E-state index is 0. The average molecular weight is 292 g/mol. The van der Waals surface area contributed by atoms with Gasteiger partial charge in [0.15, 0.2) is 0 Å². The van der Waals surface area contributed by atoms with Gasteiger partial charge in [0, 0.05) is 21.1 Å². The molecule has 0 atom stereocenters. The molecule has 0 aliphatic rings. The van der Waals surface area contributed by atoms with Gasteiger partial charge in [-0.2, -0.15) is 0 Å². The van der Waals surface area contributed by atoms with Crippen molar-refractivity contribution in [1.29, 1.82) is 0 Å². The standard InChI is InChI=1S/C2H2Cl2.Pt/c1-2(3)4;/h1H2;. The van der Waals surface area contributed by atoms with Crippen molar-refractivity contribution in [3.8, 4) is 0 Å². The smallest absolute Gasteiger partial charge is 0.0716 e. The average Bonchev–Trinajstić information content (AvgIpc) is 0.811. The minimum Gasteiger partial charge on any atom is -0.0716 e. The molecule has 5 heavy (non-hydrogen) atoms. The van der Waals surface area contributed by atoms with E-state index in [4.69, 9.17) is 23.2 Å². The van der Waals surface area contributed by atoms with E-state index in [1.807, 2.05) is 0 Å². The Labute approximate surface area is 55.4 Å². The fourth-order valence-corrected chi connectivity index (χ4v) is 0. The van der Waals surface area contributed by atoms with Crippen LogP contribution in [0.15, 0.2) is 11.1 Å². The van der Waals surface area contributed by atoms with Gasteiger partial charge in [-0.05, 0) is 0 Å². The maximum absolute atomic E-state index is 4.85. The summed E-state index contributed by atoms with van der Waals surface area (Å²) in [6, 6.07) is 0. The maximum atomic E-state index is 4.85. The Morgan fingerprint density at radius 3 is 1.40 bits per heavy atom. The number of halogens is 2. The number of rotatable bonds is 0. The quantitative estimate of drug-likeness (QED) is 0.640. The van der Waals surface area contributed by atoms with E-state index >= 15 is 0 Å². The maximum Gasteiger partial charge on any atom is 0.0992 e. The molecule has 0 aromatic carbocycles. The summed E-state index contributed by atoms with van der Waals surface area (Å²) in [7, 11) is 0. The first-order chi connectivity index (χ1) is 1.73. The molecule has 0 unspecified atom stereocenters. The van der Waals surface area contributed by atoms with Gasteiger partial charge in [-0.15, -0.1) is 0 Å². The van der Waals surface area contributed by atoms with Crippen molar-refractivity contribution in [2.45, 2.75) is 0 Å². The van der Waals surface area contributed by atoms with Gasteiger partial charge in [-0.25, -0.2) is 0 Å². The van der Waals surface area contributed by atoms with Gasteiger partial charge in [-0.3, -0.25) is 0 Å². The zero-order chi connectivity index (χ0) is 3.58. The van der Waals surface area contributed by atoms with Gasteiger partial charge in [0.2, 0.25) is 0 Å². The van der Waals surface area contributed by atoms with Crippen LogP contribution in [0.1, 0.15) is 0 Å². The van der Waals surface area contributed by atoms with Crippen molar-refractivity contribution in [2.75, 3.05) is 0 Å². The Balaban J connectivity index is 0. The molecule has 3 heteroatoms. The first kappa shape index (κ1) is 9.38. The zero-order valence-electron chi connectivity index (χ0n) is 2.28. The summed E-state index contributed by atoms with van der Waals surface area (Å²) in [5.74, 6) is 0. The van der Waals surface area contributed by atoms with E-state index in [9.17, 15) is 0 Å². The SMILES string of the molecule is C=C(Cl)Cl.[Pt]. The van der Waals surface area contributed by atoms with Crippen LogP contribution in [0.3, 0.4) is 0 Å². The minimum atomic E-state index is 0. The summed E-state index contributed by atoms with van der Waals surface area (Å²) in [6.45, 7) is 3.09. The number of hydrogen-bond donors (Lipinski definition) is 0. The Hall–Kier alpha value is 1.01. The molecule has 0 aromatic rings. The Morgan fingerprint density at radius 1 is 1.40 bits per heavy atom. The summed E-state index contributed by atoms with van der Waals surface area (Å²) in [4.78, 5) is 0. The predicted molar refractivity (Wildman–Crippen MR) is 20.8 cm³/mol. The zero-order valence-corrected chi connectivity index (χ0v) is 6.06. The van der Waals surface area contributed by atoms with Crippen molar-refractivity contribution >= 4 is 23.2 Å². The van der Waals surface area contributed by atoms with Gasteiger partial charge in [0.1, 0.15) is 0 Å². The Kier molecular flexibility index (Phi) is 9.40. The predicted octanol–water partition coefficient (Wildman–Crippen LogP) is 1.93. The van der Waals surface area contributed by atoms with Crippen LogP contribution in [0.2, 0.25) is 0 Å². The largest absolute Gasteiger partial charge is 0.0992 e. The van der Waals surface area contributed by atoms with E-state index in [2.05, 4.69) is 6.58 Å². The van der Waals surface area contributed by atoms with Crippen molar-refractivity contribution in [3.05, 3.63) is 11.1 Å². The molecule has 0 aliphatic carbocycles. The van der Waals surface area contributed by atoms with Gasteiger partial charge in [-0.1, -0.05) is 29.8 Å². The fourth-order valence-electron chi connectivity index (χ4n) is 0. The van der Waals surface area contributed by atoms with Crippen LogP contribution in [-0.2, 0) is 21.1 Å². The molecule has 0 bridgehead atoms. The Bertz CT molecular complexity index is 30.6. The van der Waals surface area contributed by atoms with Gasteiger partial charge in [0.25, 0.3) is 0 Å². The molecule has 0 amide bonds. The topological polar surface area (TPSA) is 0 Å². The molecule has 0 spiro atoms. The van der Waals surface area contributed by atoms with Crippen molar-refractivity contribution < 1.29 is 21.1 Å². The van der Waals surface area contributed by atoms with Crippen LogP contribution in [0.5, 0.6) is 0 Å². The molecule has 0 N–H and O–H groups in total. The first-order valence-electron chi connectivity index (χ1n) is 0.732. The van der Waals surface area contributed by atoms with Crippen LogP contribution in [0, 0.1) is 0 Å². The number of hydrogen-bond acceptors (Lipinski definition) is 0. The Morgan fingerprint density at radius 2 is 1.40 bits per heavy atom. The monoisotopic (exact) mass is 291 g/mol. The normalized spacial score (nSPS) is 5.20. The third kappa shape index (κ3) is 44.6. The third-order valence-electron chi connectivity index (χ3n) is 0. The second-order valence-electron chi connectivity index (χ2n) is 0.339. The summed E-state index contributed by atoms with van der Waals surface area (Å²) in [5, 5.41) is 0. The van der Waals surface area contributed by atoms with Crippen LogP contribution in [-0.4, -0.2) is 0 Å². The summed E-state index contributed by atoms with van der Waals surface area (Å²) in [6.07, 6.45) is 0. The molecule has 0 fully saturated rings. The summed E-state index contributed by atoms with van der Waals surface area (Å²) >= 11 is 9.69. The second-order valence-corrected chi connectivity index (χ2v) is 1.44. The van der Waals surface area contributed by atoms with Crippen LogP contribution in [0.25, 0.3) is 0 Å². The summed E-state index contributed by atoms with van der Waals surface area (Å²) in [5.41, 5.74) is 0. The van der Waals surface area contributed by atoms with E-state index in [1.54, 1.807) is 0 Å². The van der Waals surface area contributed by atoms with Crippen molar-refractivity contribution in [1.82, 2.24) is 0 Å². The van der Waals surface area contributed by atoms with Crippen LogP contribution in [0.4, 0.5) is 0 Å². The van der Waals surface area contributed by atoms with Crippen molar-refractivity contribution in [2.24, 2.45) is 0 Å². The third-order valence-corrected chi connectivity index (χ3v) is 0. The van der Waals surface area contributed by atoms with Gasteiger partial charge < -0.3 is 0 Å². The van der Waals surface area contributed by atoms with Crippen LogP contribution < -0.4 is 0 Å². The molecular weight excluding hydrogens is 290 g/mol.